The molecule has 1 fully saturated rings. The summed E-state index contributed by atoms with van der Waals surface area (Å²) >= 11 is 0. The first kappa shape index (κ1) is 17.5. The number of furan rings is 1. The van der Waals surface area contributed by atoms with Gasteiger partial charge in [0.05, 0.1) is 30.1 Å². The summed E-state index contributed by atoms with van der Waals surface area (Å²) in [4.78, 5) is 32.1. The van der Waals surface area contributed by atoms with Crippen LogP contribution < -0.4 is 10.2 Å². The second kappa shape index (κ2) is 7.02. The van der Waals surface area contributed by atoms with Gasteiger partial charge in [-0.25, -0.2) is 0 Å². The minimum absolute atomic E-state index is 0.0195. The molecule has 6 heteroatoms. The molecule has 0 saturated heterocycles. The highest BCUT2D eigenvalue weighted by molar-refractivity contribution is 6.16. The van der Waals surface area contributed by atoms with Crippen LogP contribution in [0, 0.1) is 19.8 Å². The van der Waals surface area contributed by atoms with Crippen LogP contribution >= 0.6 is 0 Å². The van der Waals surface area contributed by atoms with Crippen LogP contribution in [-0.2, 0) is 16.1 Å². The van der Waals surface area contributed by atoms with E-state index in [0.717, 1.165) is 47.5 Å². The number of rotatable bonds is 4. The molecule has 0 unspecified atom stereocenters. The van der Waals surface area contributed by atoms with Gasteiger partial charge in [0.2, 0.25) is 11.8 Å². The molecule has 6 nitrogen and oxygen atoms in total. The van der Waals surface area contributed by atoms with E-state index < -0.39 is 0 Å². The SMILES string of the molecule is Cc1cc2c(cc1C)N(CC(=O)NCc1ccco1)C(=O)[C@H]1CCCC1=N2. The molecule has 2 heterocycles. The van der Waals surface area contributed by atoms with E-state index in [0.29, 0.717) is 12.3 Å². The molecule has 1 aromatic carbocycles. The Balaban J connectivity index is 1.62. The third-order valence-electron chi connectivity index (χ3n) is 5.38. The Morgan fingerprint density at radius 1 is 1.33 bits per heavy atom. The molecule has 0 radical (unpaired) electrons. The first-order valence-electron chi connectivity index (χ1n) is 9.32. The van der Waals surface area contributed by atoms with Crippen LogP contribution in [0.3, 0.4) is 0 Å². The minimum Gasteiger partial charge on any atom is -0.467 e. The van der Waals surface area contributed by atoms with Crippen molar-refractivity contribution in [3.05, 3.63) is 47.4 Å². The monoisotopic (exact) mass is 365 g/mol. The summed E-state index contributed by atoms with van der Waals surface area (Å²) in [6, 6.07) is 7.56. The normalized spacial score (nSPS) is 18.6. The van der Waals surface area contributed by atoms with Crippen molar-refractivity contribution < 1.29 is 14.0 Å². The van der Waals surface area contributed by atoms with E-state index in [9.17, 15) is 9.59 Å². The fourth-order valence-corrected chi connectivity index (χ4v) is 3.74. The number of hydrogen-bond donors (Lipinski definition) is 1. The Morgan fingerprint density at radius 3 is 2.93 bits per heavy atom. The molecule has 2 aliphatic rings. The Kier molecular flexibility index (Phi) is 4.56. The van der Waals surface area contributed by atoms with Crippen molar-refractivity contribution in [2.75, 3.05) is 11.4 Å². The average molecular weight is 365 g/mol. The highest BCUT2D eigenvalue weighted by Gasteiger charge is 2.37. The lowest BCUT2D eigenvalue weighted by Gasteiger charge is -2.25. The molecule has 0 bridgehead atoms. The maximum absolute atomic E-state index is 13.2. The molecule has 1 aliphatic carbocycles. The summed E-state index contributed by atoms with van der Waals surface area (Å²) in [5.74, 6) is 0.224. The standard InChI is InChI=1S/C21H23N3O3/c1-13-9-18-19(10-14(13)2)24(21(26)16-6-3-7-17(16)23-18)12-20(25)22-11-15-5-4-8-27-15/h4-5,8-10,16H,3,6-7,11-12H2,1-2H3,(H,22,25)/t16-/m0/s1. The number of nitrogens with zero attached hydrogens (tertiary/aromatic N) is 2. The zero-order valence-electron chi connectivity index (χ0n) is 15.6. The third kappa shape index (κ3) is 3.39. The molecule has 1 N–H and O–H groups in total. The molecule has 1 aliphatic heterocycles. The molecule has 140 valence electrons. The molecule has 1 aromatic heterocycles. The highest BCUT2D eigenvalue weighted by atomic mass is 16.3. The smallest absolute Gasteiger partial charge is 0.240 e. The fourth-order valence-electron chi connectivity index (χ4n) is 3.74. The first-order chi connectivity index (χ1) is 13.0. The topological polar surface area (TPSA) is 74.9 Å². The lowest BCUT2D eigenvalue weighted by Crippen LogP contribution is -2.43. The van der Waals surface area contributed by atoms with Crippen LogP contribution in [0.5, 0.6) is 0 Å². The van der Waals surface area contributed by atoms with E-state index >= 15 is 0 Å². The van der Waals surface area contributed by atoms with Crippen molar-refractivity contribution in [3.63, 3.8) is 0 Å². The van der Waals surface area contributed by atoms with Crippen LogP contribution in [-0.4, -0.2) is 24.1 Å². The minimum atomic E-state index is -0.217. The highest BCUT2D eigenvalue weighted by Crippen LogP contribution is 2.39. The predicted octanol–water partition coefficient (Wildman–Crippen LogP) is 3.43. The Bertz CT molecular complexity index is 915. The zero-order chi connectivity index (χ0) is 19.0. The van der Waals surface area contributed by atoms with Crippen LogP contribution in [0.2, 0.25) is 0 Å². The second-order valence-electron chi connectivity index (χ2n) is 7.25. The van der Waals surface area contributed by atoms with Crippen molar-refractivity contribution in [2.45, 2.75) is 39.7 Å². The van der Waals surface area contributed by atoms with Gasteiger partial charge >= 0.3 is 0 Å². The number of anilines is 1. The van der Waals surface area contributed by atoms with Crippen LogP contribution in [0.4, 0.5) is 11.4 Å². The zero-order valence-corrected chi connectivity index (χ0v) is 15.6. The number of hydrogen-bond acceptors (Lipinski definition) is 4. The molecule has 4 rings (SSSR count). The number of amides is 2. The van der Waals surface area contributed by atoms with Gasteiger partial charge in [-0.15, -0.1) is 0 Å². The number of carbonyl (C=O) groups is 2. The van der Waals surface area contributed by atoms with Crippen molar-refractivity contribution in [3.8, 4) is 0 Å². The number of carbonyl (C=O) groups excluding carboxylic acids is 2. The summed E-state index contributed by atoms with van der Waals surface area (Å²) in [7, 11) is 0. The maximum atomic E-state index is 13.2. The van der Waals surface area contributed by atoms with Gasteiger partial charge in [-0.1, -0.05) is 0 Å². The lowest BCUT2D eigenvalue weighted by molar-refractivity contribution is -0.124. The molecule has 2 amide bonds. The molecular weight excluding hydrogens is 342 g/mol. The van der Waals surface area contributed by atoms with Gasteiger partial charge in [0, 0.05) is 5.71 Å². The summed E-state index contributed by atoms with van der Waals surface area (Å²) in [6.45, 7) is 4.33. The van der Waals surface area contributed by atoms with Crippen molar-refractivity contribution in [1.82, 2.24) is 5.32 Å². The largest absolute Gasteiger partial charge is 0.467 e. The van der Waals surface area contributed by atoms with Gasteiger partial charge in [0.1, 0.15) is 12.3 Å². The average Bonchev–Trinajstić information content (AvgIpc) is 3.30. The van der Waals surface area contributed by atoms with Crippen LogP contribution in [0.25, 0.3) is 0 Å². The molecular formula is C21H23N3O3. The third-order valence-corrected chi connectivity index (χ3v) is 5.38. The quantitative estimate of drug-likeness (QED) is 0.902. The maximum Gasteiger partial charge on any atom is 0.240 e. The van der Waals surface area contributed by atoms with Gasteiger partial charge in [0.15, 0.2) is 0 Å². The molecule has 27 heavy (non-hydrogen) atoms. The number of nitrogens with one attached hydrogen (secondary N) is 1. The van der Waals surface area contributed by atoms with E-state index in [1.807, 2.05) is 26.0 Å². The summed E-state index contributed by atoms with van der Waals surface area (Å²) in [6.07, 6.45) is 4.18. The Morgan fingerprint density at radius 2 is 2.15 bits per heavy atom. The van der Waals surface area contributed by atoms with Gasteiger partial charge in [-0.05, 0) is 68.5 Å². The summed E-state index contributed by atoms with van der Waals surface area (Å²) in [5.41, 5.74) is 4.66. The van der Waals surface area contributed by atoms with Gasteiger partial charge in [0.25, 0.3) is 0 Å². The van der Waals surface area contributed by atoms with Crippen LogP contribution in [0.15, 0.2) is 39.9 Å². The van der Waals surface area contributed by atoms with Crippen LogP contribution in [0.1, 0.15) is 36.1 Å². The second-order valence-corrected chi connectivity index (χ2v) is 7.25. The fraction of sp³-hybridized carbons (Fsp3) is 0.381. The van der Waals surface area contributed by atoms with E-state index in [2.05, 4.69) is 5.32 Å². The van der Waals surface area contributed by atoms with E-state index in [-0.39, 0.29) is 24.3 Å². The van der Waals surface area contributed by atoms with E-state index in [1.54, 1.807) is 23.3 Å². The number of fused-ring (bicyclic) bond motifs is 2. The van der Waals surface area contributed by atoms with Crippen molar-refractivity contribution >= 4 is 28.9 Å². The van der Waals surface area contributed by atoms with Gasteiger partial charge < -0.3 is 14.6 Å². The molecule has 1 saturated carbocycles. The first-order valence-corrected chi connectivity index (χ1v) is 9.32. The lowest BCUT2D eigenvalue weighted by atomic mass is 10.0. The van der Waals surface area contributed by atoms with Gasteiger partial charge in [-0.2, -0.15) is 0 Å². The summed E-state index contributed by atoms with van der Waals surface area (Å²) in [5, 5.41) is 2.83. The Hall–Kier alpha value is -2.89. The number of benzene rings is 1. The van der Waals surface area contributed by atoms with Gasteiger partial charge in [-0.3, -0.25) is 14.6 Å². The summed E-state index contributed by atoms with van der Waals surface area (Å²) < 4.78 is 5.24. The number of aliphatic imine (C=N–C) groups is 1. The Labute approximate surface area is 158 Å². The van der Waals surface area contributed by atoms with E-state index in [4.69, 9.17) is 9.41 Å². The van der Waals surface area contributed by atoms with Crippen molar-refractivity contribution in [1.29, 1.82) is 0 Å². The molecule has 0 spiro atoms. The van der Waals surface area contributed by atoms with Crippen molar-refractivity contribution in [2.24, 2.45) is 10.9 Å². The number of aryl methyl sites for hydroxylation is 2. The molecule has 1 atom stereocenters. The molecule has 2 aromatic rings. The predicted molar refractivity (Wildman–Crippen MR) is 103 cm³/mol. The van der Waals surface area contributed by atoms with E-state index in [1.165, 1.54) is 0 Å².